The van der Waals surface area contributed by atoms with Gasteiger partial charge in [-0.05, 0) is 26.0 Å². The third-order valence-electron chi connectivity index (χ3n) is 2.18. The highest BCUT2D eigenvalue weighted by atomic mass is 32.2. The van der Waals surface area contributed by atoms with Gasteiger partial charge in [0.05, 0.1) is 17.7 Å². The van der Waals surface area contributed by atoms with Crippen LogP contribution in [0.1, 0.15) is 20.8 Å². The number of benzene rings is 1. The molecule has 0 spiro atoms. The van der Waals surface area contributed by atoms with Crippen LogP contribution in [0.3, 0.4) is 0 Å². The second kappa shape index (κ2) is 6.03. The van der Waals surface area contributed by atoms with Gasteiger partial charge in [-0.3, -0.25) is 4.79 Å². The Morgan fingerprint density at radius 1 is 1.32 bits per heavy atom. The molecule has 0 fully saturated rings. The fourth-order valence-electron chi connectivity index (χ4n) is 1.51. The molecule has 1 rings (SSSR count). The van der Waals surface area contributed by atoms with Crippen LogP contribution in [0.15, 0.2) is 23.1 Å². The van der Waals surface area contributed by atoms with Crippen LogP contribution >= 0.6 is 0 Å². The summed E-state index contributed by atoms with van der Waals surface area (Å²) in [4.78, 5) is 11.1. The highest BCUT2D eigenvalue weighted by Gasteiger charge is 2.17. The average molecular weight is 286 g/mol. The minimum atomic E-state index is -3.58. The lowest BCUT2D eigenvalue weighted by atomic mass is 10.3. The Kier molecular flexibility index (Phi) is 4.90. The van der Waals surface area contributed by atoms with Crippen molar-refractivity contribution in [2.24, 2.45) is 0 Å². The Balaban J connectivity index is 3.16. The first-order valence-corrected chi connectivity index (χ1v) is 7.22. The van der Waals surface area contributed by atoms with Crippen molar-refractivity contribution in [1.82, 2.24) is 4.72 Å². The van der Waals surface area contributed by atoms with Crippen LogP contribution in [0.5, 0.6) is 5.75 Å². The van der Waals surface area contributed by atoms with Gasteiger partial charge < -0.3 is 10.1 Å². The lowest BCUT2D eigenvalue weighted by Gasteiger charge is -2.13. The van der Waals surface area contributed by atoms with Crippen LogP contribution in [0.25, 0.3) is 0 Å². The molecule has 2 N–H and O–H groups in total. The average Bonchev–Trinajstić information content (AvgIpc) is 2.26. The standard InChI is InChI=1S/C12H18N2O4S/c1-8(2)14-19(16,17)10-5-6-11(13-9(3)15)12(7-10)18-4/h5-8,14H,1-4H3,(H,13,15). The molecule has 0 saturated carbocycles. The lowest BCUT2D eigenvalue weighted by Crippen LogP contribution is -2.30. The smallest absolute Gasteiger partial charge is 0.240 e. The molecule has 1 aromatic rings. The molecule has 0 aliphatic carbocycles. The molecule has 0 aliphatic heterocycles. The third kappa shape index (κ3) is 4.22. The van der Waals surface area contributed by atoms with E-state index in [2.05, 4.69) is 10.0 Å². The normalized spacial score (nSPS) is 11.4. The summed E-state index contributed by atoms with van der Waals surface area (Å²) >= 11 is 0. The van der Waals surface area contributed by atoms with E-state index >= 15 is 0 Å². The number of anilines is 1. The maximum atomic E-state index is 12.0. The highest BCUT2D eigenvalue weighted by molar-refractivity contribution is 7.89. The van der Waals surface area contributed by atoms with Crippen molar-refractivity contribution in [3.8, 4) is 5.75 Å². The molecule has 19 heavy (non-hydrogen) atoms. The molecule has 0 radical (unpaired) electrons. The molecule has 0 aliphatic rings. The number of ether oxygens (including phenoxy) is 1. The summed E-state index contributed by atoms with van der Waals surface area (Å²) in [5.74, 6) is 0.0380. The zero-order valence-corrected chi connectivity index (χ0v) is 12.2. The molecular weight excluding hydrogens is 268 g/mol. The van der Waals surface area contributed by atoms with Gasteiger partial charge in [0, 0.05) is 19.0 Å². The SMILES string of the molecule is COc1cc(S(=O)(=O)NC(C)C)ccc1NC(C)=O. The van der Waals surface area contributed by atoms with E-state index in [0.29, 0.717) is 11.4 Å². The first-order chi connectivity index (χ1) is 8.76. The van der Waals surface area contributed by atoms with E-state index in [4.69, 9.17) is 4.74 Å². The molecule has 1 aromatic carbocycles. The Morgan fingerprint density at radius 3 is 2.42 bits per heavy atom. The number of nitrogens with one attached hydrogen (secondary N) is 2. The molecule has 0 aromatic heterocycles. The van der Waals surface area contributed by atoms with E-state index in [1.54, 1.807) is 13.8 Å². The number of hydrogen-bond acceptors (Lipinski definition) is 4. The van der Waals surface area contributed by atoms with Gasteiger partial charge in [-0.15, -0.1) is 0 Å². The fourth-order valence-corrected chi connectivity index (χ4v) is 2.78. The van der Waals surface area contributed by atoms with E-state index in [1.165, 1.54) is 32.2 Å². The fraction of sp³-hybridized carbons (Fsp3) is 0.417. The van der Waals surface area contributed by atoms with Gasteiger partial charge in [0.25, 0.3) is 0 Å². The number of rotatable bonds is 5. The highest BCUT2D eigenvalue weighted by Crippen LogP contribution is 2.27. The topological polar surface area (TPSA) is 84.5 Å². The molecule has 7 heteroatoms. The van der Waals surface area contributed by atoms with E-state index in [0.717, 1.165) is 0 Å². The Labute approximate surface area is 113 Å². The summed E-state index contributed by atoms with van der Waals surface area (Å²) in [6.07, 6.45) is 0. The molecule has 0 bridgehead atoms. The van der Waals surface area contributed by atoms with Crippen molar-refractivity contribution >= 4 is 21.6 Å². The summed E-state index contributed by atoms with van der Waals surface area (Å²) in [7, 11) is -2.17. The number of methoxy groups -OCH3 is 1. The summed E-state index contributed by atoms with van der Waals surface area (Å²) in [5.41, 5.74) is 0.429. The molecule has 0 unspecified atom stereocenters. The predicted molar refractivity (Wildman–Crippen MR) is 72.8 cm³/mol. The summed E-state index contributed by atoms with van der Waals surface area (Å²) in [5, 5.41) is 2.56. The molecule has 0 atom stereocenters. The molecule has 0 heterocycles. The van der Waals surface area contributed by atoms with Gasteiger partial charge in [-0.25, -0.2) is 13.1 Å². The number of carbonyl (C=O) groups excluding carboxylic acids is 1. The van der Waals surface area contributed by atoms with Crippen LogP contribution in [-0.4, -0.2) is 27.5 Å². The van der Waals surface area contributed by atoms with Gasteiger partial charge >= 0.3 is 0 Å². The largest absolute Gasteiger partial charge is 0.495 e. The summed E-state index contributed by atoms with van der Waals surface area (Å²) < 4.78 is 31.5. The van der Waals surface area contributed by atoms with E-state index in [1.807, 2.05) is 0 Å². The van der Waals surface area contributed by atoms with Crippen molar-refractivity contribution < 1.29 is 17.9 Å². The molecule has 1 amide bonds. The minimum absolute atomic E-state index is 0.0900. The first-order valence-electron chi connectivity index (χ1n) is 5.74. The van der Waals surface area contributed by atoms with Crippen molar-refractivity contribution in [2.45, 2.75) is 31.7 Å². The number of sulfonamides is 1. The maximum Gasteiger partial charge on any atom is 0.240 e. The van der Waals surface area contributed by atoms with Gasteiger partial charge in [-0.1, -0.05) is 0 Å². The van der Waals surface area contributed by atoms with Gasteiger partial charge in [0.15, 0.2) is 0 Å². The zero-order valence-electron chi connectivity index (χ0n) is 11.4. The van der Waals surface area contributed by atoms with Crippen LogP contribution in [0.2, 0.25) is 0 Å². The quantitative estimate of drug-likeness (QED) is 0.855. The third-order valence-corrected chi connectivity index (χ3v) is 3.84. The summed E-state index contributed by atoms with van der Waals surface area (Å²) in [6, 6.07) is 4.08. The number of hydrogen-bond donors (Lipinski definition) is 2. The molecule has 106 valence electrons. The number of carbonyl (C=O) groups is 1. The van der Waals surface area contributed by atoms with Crippen molar-refractivity contribution in [2.75, 3.05) is 12.4 Å². The number of amides is 1. The van der Waals surface area contributed by atoms with Crippen molar-refractivity contribution in [3.05, 3.63) is 18.2 Å². The first kappa shape index (κ1) is 15.5. The van der Waals surface area contributed by atoms with Crippen molar-refractivity contribution in [3.63, 3.8) is 0 Å². The van der Waals surface area contributed by atoms with Crippen LogP contribution < -0.4 is 14.8 Å². The van der Waals surface area contributed by atoms with E-state index in [9.17, 15) is 13.2 Å². The van der Waals surface area contributed by atoms with Gasteiger partial charge in [0.2, 0.25) is 15.9 Å². The van der Waals surface area contributed by atoms with Gasteiger partial charge in [-0.2, -0.15) is 0 Å². The maximum absolute atomic E-state index is 12.0. The van der Waals surface area contributed by atoms with E-state index < -0.39 is 10.0 Å². The zero-order chi connectivity index (χ0) is 14.6. The van der Waals surface area contributed by atoms with Crippen LogP contribution in [0.4, 0.5) is 5.69 Å². The molecular formula is C12H18N2O4S. The van der Waals surface area contributed by atoms with Gasteiger partial charge in [0.1, 0.15) is 5.75 Å². The van der Waals surface area contributed by atoms with Crippen molar-refractivity contribution in [1.29, 1.82) is 0 Å². The predicted octanol–water partition coefficient (Wildman–Crippen LogP) is 1.34. The molecule has 6 nitrogen and oxygen atoms in total. The summed E-state index contributed by atoms with van der Waals surface area (Å²) in [6.45, 7) is 4.84. The van der Waals surface area contributed by atoms with Crippen LogP contribution in [0, 0.1) is 0 Å². The monoisotopic (exact) mass is 286 g/mol. The molecule has 0 saturated heterocycles. The Hall–Kier alpha value is -1.60. The van der Waals surface area contributed by atoms with Crippen LogP contribution in [-0.2, 0) is 14.8 Å². The van der Waals surface area contributed by atoms with E-state index in [-0.39, 0.29) is 16.8 Å². The second-order valence-electron chi connectivity index (χ2n) is 4.32. The second-order valence-corrected chi connectivity index (χ2v) is 6.03. The lowest BCUT2D eigenvalue weighted by molar-refractivity contribution is -0.114. The minimum Gasteiger partial charge on any atom is -0.495 e. The Morgan fingerprint density at radius 2 is 1.95 bits per heavy atom. The Bertz CT molecular complexity index is 567.